The summed E-state index contributed by atoms with van der Waals surface area (Å²) >= 11 is 5.62. The van der Waals surface area contributed by atoms with Gasteiger partial charge in [0.05, 0.1) is 25.0 Å². The van der Waals surface area contributed by atoms with E-state index in [0.29, 0.717) is 17.7 Å². The molecule has 1 rings (SSSR count). The van der Waals surface area contributed by atoms with Crippen LogP contribution < -0.4 is 5.43 Å². The molecule has 0 amide bonds. The number of hydrazone groups is 1. The minimum atomic E-state index is -0.777. The number of hydrogen-bond donors (Lipinski definition) is 1. The van der Waals surface area contributed by atoms with Crippen molar-refractivity contribution < 1.29 is 19.1 Å². The Bertz CT molecular complexity index is 585. The summed E-state index contributed by atoms with van der Waals surface area (Å²) in [6.45, 7) is 2.17. The third-order valence-electron chi connectivity index (χ3n) is 2.53. The molecular weight excluding hydrogens is 308 g/mol. The minimum Gasteiger partial charge on any atom is -0.464 e. The number of methoxy groups -OCH3 is 1. The van der Waals surface area contributed by atoms with Crippen molar-refractivity contribution in [1.82, 2.24) is 0 Å². The largest absolute Gasteiger partial charge is 0.464 e. The molecule has 1 aromatic carbocycles. The van der Waals surface area contributed by atoms with E-state index in [1.807, 2.05) is 19.1 Å². The van der Waals surface area contributed by atoms with Crippen molar-refractivity contribution in [2.75, 3.05) is 19.1 Å². The Balaban J connectivity index is 2.77. The number of nitrogens with one attached hydrogen (secondary N) is 1. The third kappa shape index (κ3) is 5.57. The van der Waals surface area contributed by atoms with Crippen molar-refractivity contribution in [2.45, 2.75) is 13.3 Å². The maximum Gasteiger partial charge on any atom is 0.370 e. The summed E-state index contributed by atoms with van der Waals surface area (Å²) in [4.78, 5) is 23.1. The Hall–Kier alpha value is -2.34. The summed E-state index contributed by atoms with van der Waals surface area (Å²) in [5, 5.41) is 3.28. The van der Waals surface area contributed by atoms with Crippen molar-refractivity contribution >= 4 is 34.4 Å². The highest BCUT2D eigenvalue weighted by molar-refractivity contribution is 6.82. The van der Waals surface area contributed by atoms with Crippen molar-refractivity contribution in [3.05, 3.63) is 42.0 Å². The molecular formula is C15H17ClN2O4. The first-order chi connectivity index (χ1) is 10.6. The second-order valence-electron chi connectivity index (χ2n) is 4.05. The van der Waals surface area contributed by atoms with Gasteiger partial charge < -0.3 is 9.47 Å². The van der Waals surface area contributed by atoms with Gasteiger partial charge in [-0.2, -0.15) is 5.10 Å². The normalized spacial score (nSPS) is 11.3. The highest BCUT2D eigenvalue weighted by atomic mass is 35.5. The number of carbonyl (C=O) groups excluding carboxylic acids is 2. The quantitative estimate of drug-likeness (QED) is 0.274. The maximum atomic E-state index is 12.0. The number of anilines is 1. The zero-order valence-electron chi connectivity index (χ0n) is 12.3. The van der Waals surface area contributed by atoms with Crippen LogP contribution in [0.3, 0.4) is 0 Å². The minimum absolute atomic E-state index is 0.281. The average molecular weight is 325 g/mol. The van der Waals surface area contributed by atoms with Crippen LogP contribution in [0.15, 0.2) is 41.5 Å². The number of halogens is 1. The highest BCUT2D eigenvalue weighted by Crippen LogP contribution is 2.16. The van der Waals surface area contributed by atoms with Gasteiger partial charge in [-0.25, -0.2) is 9.59 Å². The molecule has 0 aliphatic carbocycles. The number of para-hydroxylation sites is 1. The van der Waals surface area contributed by atoms with Crippen LogP contribution in [-0.2, 0) is 14.3 Å². The topological polar surface area (TPSA) is 77.0 Å². The van der Waals surface area contributed by atoms with Gasteiger partial charge in [-0.05, 0) is 25.5 Å². The van der Waals surface area contributed by atoms with Crippen LogP contribution in [0.2, 0.25) is 0 Å². The van der Waals surface area contributed by atoms with Crippen molar-refractivity contribution in [3.63, 3.8) is 0 Å². The lowest BCUT2D eigenvalue weighted by molar-refractivity contribution is -0.132. The van der Waals surface area contributed by atoms with E-state index in [2.05, 4.69) is 15.3 Å². The van der Waals surface area contributed by atoms with Gasteiger partial charge in [0, 0.05) is 0 Å². The fourth-order valence-corrected chi connectivity index (χ4v) is 1.58. The predicted molar refractivity (Wildman–Crippen MR) is 85.1 cm³/mol. The molecule has 0 radical (unpaired) electrons. The van der Waals surface area contributed by atoms with E-state index in [4.69, 9.17) is 16.3 Å². The molecule has 1 N–H and O–H groups in total. The molecule has 7 heteroatoms. The molecule has 0 bridgehead atoms. The van der Waals surface area contributed by atoms with Crippen LogP contribution in [0.5, 0.6) is 0 Å². The Kier molecular flexibility index (Phi) is 7.70. The average Bonchev–Trinajstić information content (AvgIpc) is 2.55. The lowest BCUT2D eigenvalue weighted by Crippen LogP contribution is -2.13. The molecule has 22 heavy (non-hydrogen) atoms. The Morgan fingerprint density at radius 2 is 2.09 bits per heavy atom. The number of nitrogens with zero attached hydrogens (tertiary/aromatic N) is 1. The first kappa shape index (κ1) is 17.7. The molecule has 0 aliphatic heterocycles. The second-order valence-corrected chi connectivity index (χ2v) is 4.40. The van der Waals surface area contributed by atoms with E-state index in [0.717, 1.165) is 0 Å². The fraction of sp³-hybridized carbons (Fsp3) is 0.267. The van der Waals surface area contributed by atoms with E-state index < -0.39 is 11.9 Å². The molecule has 0 spiro atoms. The van der Waals surface area contributed by atoms with Gasteiger partial charge in [-0.1, -0.05) is 35.9 Å². The molecule has 0 fully saturated rings. The van der Waals surface area contributed by atoms with E-state index in [1.54, 1.807) is 24.3 Å². The number of ether oxygens (including phenoxy) is 2. The standard InChI is InChI=1S/C15H17ClN2O4/c1-3-4-7-10-22-14(19)11-8-5-6-9-12(11)17-18-13(16)15(20)21-2/h3-6,8-9,17H,7,10H2,1-2H3/b4-3-,18-13+. The predicted octanol–water partition coefficient (Wildman–Crippen LogP) is 2.95. The number of carbonyl (C=O) groups is 2. The highest BCUT2D eigenvalue weighted by Gasteiger charge is 2.13. The maximum absolute atomic E-state index is 12.0. The molecule has 0 heterocycles. The van der Waals surface area contributed by atoms with Crippen LogP contribution in [0, 0.1) is 0 Å². The molecule has 1 aromatic rings. The van der Waals surface area contributed by atoms with Crippen molar-refractivity contribution in [2.24, 2.45) is 5.10 Å². The first-order valence-corrected chi connectivity index (χ1v) is 6.92. The van der Waals surface area contributed by atoms with Gasteiger partial charge in [-0.15, -0.1) is 0 Å². The lowest BCUT2D eigenvalue weighted by Gasteiger charge is -2.08. The molecule has 6 nitrogen and oxygen atoms in total. The van der Waals surface area contributed by atoms with Gasteiger partial charge in [-0.3, -0.25) is 5.43 Å². The Labute approximate surface area is 133 Å². The number of benzene rings is 1. The van der Waals surface area contributed by atoms with Gasteiger partial charge in [0.15, 0.2) is 0 Å². The van der Waals surface area contributed by atoms with Gasteiger partial charge >= 0.3 is 11.9 Å². The Morgan fingerprint density at radius 3 is 2.77 bits per heavy atom. The Morgan fingerprint density at radius 1 is 1.36 bits per heavy atom. The molecule has 118 valence electrons. The second kappa shape index (κ2) is 9.57. The van der Waals surface area contributed by atoms with Crippen LogP contribution in [0.4, 0.5) is 5.69 Å². The summed E-state index contributed by atoms with van der Waals surface area (Å²) in [7, 11) is 1.19. The molecule has 0 unspecified atom stereocenters. The van der Waals surface area contributed by atoms with E-state index in [-0.39, 0.29) is 11.8 Å². The molecule has 0 aliphatic rings. The van der Waals surface area contributed by atoms with E-state index in [9.17, 15) is 9.59 Å². The summed E-state index contributed by atoms with van der Waals surface area (Å²) < 4.78 is 9.56. The monoisotopic (exact) mass is 324 g/mol. The molecule has 0 atom stereocenters. The van der Waals surface area contributed by atoms with Gasteiger partial charge in [0.25, 0.3) is 0 Å². The zero-order chi connectivity index (χ0) is 16.4. The van der Waals surface area contributed by atoms with Crippen LogP contribution in [0.1, 0.15) is 23.7 Å². The molecule has 0 saturated heterocycles. The summed E-state index contributed by atoms with van der Waals surface area (Å²) in [5.74, 6) is -1.27. The van der Waals surface area contributed by atoms with Crippen LogP contribution in [-0.4, -0.2) is 30.8 Å². The zero-order valence-corrected chi connectivity index (χ0v) is 13.1. The van der Waals surface area contributed by atoms with Crippen LogP contribution >= 0.6 is 11.6 Å². The van der Waals surface area contributed by atoms with Crippen molar-refractivity contribution in [3.8, 4) is 0 Å². The van der Waals surface area contributed by atoms with Gasteiger partial charge in [0.1, 0.15) is 0 Å². The number of esters is 2. The van der Waals surface area contributed by atoms with Gasteiger partial charge in [0.2, 0.25) is 5.17 Å². The number of hydrogen-bond acceptors (Lipinski definition) is 6. The number of rotatable bonds is 7. The van der Waals surface area contributed by atoms with E-state index in [1.165, 1.54) is 7.11 Å². The smallest absolute Gasteiger partial charge is 0.370 e. The van der Waals surface area contributed by atoms with E-state index >= 15 is 0 Å². The SMILES string of the molecule is C/C=C\CCOC(=O)c1ccccc1N/N=C(/Cl)C(=O)OC. The lowest BCUT2D eigenvalue weighted by atomic mass is 10.2. The number of allylic oxidation sites excluding steroid dienone is 1. The van der Waals surface area contributed by atoms with Crippen LogP contribution in [0.25, 0.3) is 0 Å². The molecule has 0 saturated carbocycles. The summed E-state index contributed by atoms with van der Waals surface area (Å²) in [6.07, 6.45) is 4.43. The summed E-state index contributed by atoms with van der Waals surface area (Å²) in [5.41, 5.74) is 3.22. The first-order valence-electron chi connectivity index (χ1n) is 6.55. The summed E-state index contributed by atoms with van der Waals surface area (Å²) in [6, 6.07) is 6.61. The fourth-order valence-electron chi connectivity index (χ4n) is 1.46. The third-order valence-corrected chi connectivity index (χ3v) is 2.77. The van der Waals surface area contributed by atoms with Crippen molar-refractivity contribution in [1.29, 1.82) is 0 Å². The molecule has 0 aromatic heterocycles.